The quantitative estimate of drug-likeness (QED) is 0.835. The Bertz CT molecular complexity index is 579. The van der Waals surface area contributed by atoms with Crippen molar-refractivity contribution in [2.75, 3.05) is 53.0 Å². The van der Waals surface area contributed by atoms with Crippen LogP contribution in [0.15, 0.2) is 18.2 Å². The first-order chi connectivity index (χ1) is 12.1. The predicted molar refractivity (Wildman–Crippen MR) is 97.2 cm³/mol. The highest BCUT2D eigenvalue weighted by Gasteiger charge is 2.47. The molecule has 1 unspecified atom stereocenters. The van der Waals surface area contributed by atoms with Crippen LogP contribution in [0.1, 0.15) is 18.4 Å². The molecule has 0 aliphatic carbocycles. The summed E-state index contributed by atoms with van der Waals surface area (Å²) in [5.41, 5.74) is 0.849. The van der Waals surface area contributed by atoms with E-state index in [0.717, 1.165) is 52.2 Å². The fraction of sp³-hybridized carbons (Fsp3) is 0.684. The second-order valence-corrected chi connectivity index (χ2v) is 7.87. The molecule has 140 valence electrons. The van der Waals surface area contributed by atoms with Crippen molar-refractivity contribution < 1.29 is 14.2 Å². The van der Waals surface area contributed by atoms with Crippen LogP contribution >= 0.6 is 11.6 Å². The first kappa shape index (κ1) is 19.1. The Morgan fingerprint density at radius 2 is 2.08 bits per heavy atom. The highest BCUT2D eigenvalue weighted by atomic mass is 35.5. The Balaban J connectivity index is 1.59. The molecule has 3 rings (SSSR count). The SMILES string of the molecule is COCCN1CC(CO)C2(CCN(Cc3cccc(Cl)c3F)CC2)C1. The van der Waals surface area contributed by atoms with E-state index in [2.05, 4.69) is 9.80 Å². The number of benzene rings is 1. The Morgan fingerprint density at radius 1 is 1.32 bits per heavy atom. The third-order valence-electron chi connectivity index (χ3n) is 5.99. The molecule has 0 amide bonds. The molecule has 2 heterocycles. The van der Waals surface area contributed by atoms with Gasteiger partial charge < -0.3 is 14.7 Å². The zero-order valence-electron chi connectivity index (χ0n) is 14.9. The Kier molecular flexibility index (Phi) is 6.34. The number of piperidine rings is 1. The lowest BCUT2D eigenvalue weighted by atomic mass is 9.71. The van der Waals surface area contributed by atoms with Crippen LogP contribution in [0, 0.1) is 17.2 Å². The van der Waals surface area contributed by atoms with E-state index in [4.69, 9.17) is 16.3 Å². The van der Waals surface area contributed by atoms with Gasteiger partial charge in [-0.05, 0) is 37.4 Å². The number of hydrogen-bond acceptors (Lipinski definition) is 4. The van der Waals surface area contributed by atoms with Crippen LogP contribution in [0.2, 0.25) is 5.02 Å². The number of hydrogen-bond donors (Lipinski definition) is 1. The molecule has 2 aliphatic heterocycles. The summed E-state index contributed by atoms with van der Waals surface area (Å²) in [5, 5.41) is 10.0. The molecule has 1 aromatic rings. The molecule has 2 saturated heterocycles. The van der Waals surface area contributed by atoms with E-state index in [1.54, 1.807) is 19.2 Å². The van der Waals surface area contributed by atoms with Crippen LogP contribution in [0.4, 0.5) is 4.39 Å². The van der Waals surface area contributed by atoms with Crippen LogP contribution in [0.25, 0.3) is 0 Å². The first-order valence-corrected chi connectivity index (χ1v) is 9.43. The molecular weight excluding hydrogens is 343 g/mol. The third kappa shape index (κ3) is 4.17. The topological polar surface area (TPSA) is 35.9 Å². The van der Waals surface area contributed by atoms with Crippen molar-refractivity contribution in [3.8, 4) is 0 Å². The van der Waals surface area contributed by atoms with Crippen LogP contribution in [-0.4, -0.2) is 68.0 Å². The predicted octanol–water partition coefficient (Wildman–Crippen LogP) is 2.63. The Morgan fingerprint density at radius 3 is 2.76 bits per heavy atom. The van der Waals surface area contributed by atoms with Gasteiger partial charge in [-0.25, -0.2) is 4.39 Å². The number of aliphatic hydroxyl groups excluding tert-OH is 1. The van der Waals surface area contributed by atoms with E-state index < -0.39 is 0 Å². The first-order valence-electron chi connectivity index (χ1n) is 9.05. The van der Waals surface area contributed by atoms with Crippen LogP contribution < -0.4 is 0 Å². The molecule has 6 heteroatoms. The number of aliphatic hydroxyl groups is 1. The molecule has 2 aliphatic rings. The molecule has 0 bridgehead atoms. The molecule has 1 aromatic carbocycles. The maximum Gasteiger partial charge on any atom is 0.146 e. The lowest BCUT2D eigenvalue weighted by Crippen LogP contribution is -2.44. The zero-order chi connectivity index (χ0) is 17.9. The molecule has 0 saturated carbocycles. The molecule has 25 heavy (non-hydrogen) atoms. The van der Waals surface area contributed by atoms with E-state index >= 15 is 0 Å². The van der Waals surface area contributed by atoms with Crippen LogP contribution in [0.5, 0.6) is 0 Å². The third-order valence-corrected chi connectivity index (χ3v) is 6.28. The lowest BCUT2D eigenvalue weighted by Gasteiger charge is -2.42. The molecule has 1 atom stereocenters. The number of rotatable bonds is 6. The lowest BCUT2D eigenvalue weighted by molar-refractivity contribution is 0.0473. The van der Waals surface area contributed by atoms with Gasteiger partial charge >= 0.3 is 0 Å². The maximum atomic E-state index is 14.1. The van der Waals surface area contributed by atoms with Gasteiger partial charge in [-0.3, -0.25) is 4.90 Å². The van der Waals surface area contributed by atoms with Gasteiger partial charge in [-0.1, -0.05) is 23.7 Å². The minimum atomic E-state index is -0.302. The van der Waals surface area contributed by atoms with Crippen LogP contribution in [-0.2, 0) is 11.3 Å². The summed E-state index contributed by atoms with van der Waals surface area (Å²) < 4.78 is 19.3. The van der Waals surface area contributed by atoms with Crippen molar-refractivity contribution in [2.45, 2.75) is 19.4 Å². The number of methoxy groups -OCH3 is 1. The largest absolute Gasteiger partial charge is 0.396 e. The molecular formula is C19H28ClFN2O2. The summed E-state index contributed by atoms with van der Waals surface area (Å²) >= 11 is 5.89. The van der Waals surface area contributed by atoms with Gasteiger partial charge in [0.15, 0.2) is 0 Å². The van der Waals surface area contributed by atoms with E-state index in [-0.39, 0.29) is 22.9 Å². The van der Waals surface area contributed by atoms with Gasteiger partial charge in [0.2, 0.25) is 0 Å². The van der Waals surface area contributed by atoms with Crippen molar-refractivity contribution in [2.24, 2.45) is 11.3 Å². The fourth-order valence-corrected chi connectivity index (χ4v) is 4.61. The van der Waals surface area contributed by atoms with Gasteiger partial charge in [0.1, 0.15) is 5.82 Å². The van der Waals surface area contributed by atoms with Crippen molar-refractivity contribution in [1.29, 1.82) is 0 Å². The molecule has 0 radical (unpaired) electrons. The van der Waals surface area contributed by atoms with Gasteiger partial charge in [-0.15, -0.1) is 0 Å². The molecule has 2 fully saturated rings. The van der Waals surface area contributed by atoms with E-state index in [9.17, 15) is 9.50 Å². The van der Waals surface area contributed by atoms with Crippen molar-refractivity contribution in [3.63, 3.8) is 0 Å². The number of halogens is 2. The highest BCUT2D eigenvalue weighted by Crippen LogP contribution is 2.44. The fourth-order valence-electron chi connectivity index (χ4n) is 4.42. The summed E-state index contributed by atoms with van der Waals surface area (Å²) in [5.74, 6) is 0.0266. The second kappa shape index (κ2) is 8.31. The summed E-state index contributed by atoms with van der Waals surface area (Å²) in [6, 6.07) is 5.20. The van der Waals surface area contributed by atoms with Crippen molar-refractivity contribution >= 4 is 11.6 Å². The molecule has 1 spiro atoms. The van der Waals surface area contributed by atoms with Gasteiger partial charge in [-0.2, -0.15) is 0 Å². The number of nitrogens with zero attached hydrogens (tertiary/aromatic N) is 2. The summed E-state index contributed by atoms with van der Waals surface area (Å²) in [6.45, 7) is 6.33. The van der Waals surface area contributed by atoms with Gasteiger partial charge in [0.25, 0.3) is 0 Å². The zero-order valence-corrected chi connectivity index (χ0v) is 15.6. The summed E-state index contributed by atoms with van der Waals surface area (Å²) in [7, 11) is 1.73. The minimum Gasteiger partial charge on any atom is -0.396 e. The normalized spacial score (nSPS) is 24.2. The molecule has 0 aromatic heterocycles. The monoisotopic (exact) mass is 370 g/mol. The Hall–Kier alpha value is -0.720. The number of likely N-dealkylation sites (tertiary alicyclic amines) is 2. The smallest absolute Gasteiger partial charge is 0.146 e. The van der Waals surface area contributed by atoms with E-state index in [1.807, 2.05) is 6.07 Å². The average Bonchev–Trinajstić information content (AvgIpc) is 2.96. The molecule has 1 N–H and O–H groups in total. The number of ether oxygens (including phenoxy) is 1. The highest BCUT2D eigenvalue weighted by molar-refractivity contribution is 6.30. The summed E-state index contributed by atoms with van der Waals surface area (Å²) in [6.07, 6.45) is 2.09. The standard InChI is InChI=1S/C19H28ClFN2O2/c1-25-10-9-23-12-16(13-24)19(14-23)5-7-22(8-6-19)11-15-3-2-4-17(20)18(15)21/h2-4,16,24H,5-14H2,1H3. The van der Waals surface area contributed by atoms with E-state index in [1.165, 1.54) is 0 Å². The van der Waals surface area contributed by atoms with E-state index in [0.29, 0.717) is 18.0 Å². The van der Waals surface area contributed by atoms with Crippen LogP contribution in [0.3, 0.4) is 0 Å². The maximum absolute atomic E-state index is 14.1. The van der Waals surface area contributed by atoms with Crippen molar-refractivity contribution in [1.82, 2.24) is 9.80 Å². The van der Waals surface area contributed by atoms with Gasteiger partial charge in [0, 0.05) is 51.4 Å². The minimum absolute atomic E-state index is 0.186. The second-order valence-electron chi connectivity index (χ2n) is 7.46. The summed E-state index contributed by atoms with van der Waals surface area (Å²) in [4.78, 5) is 4.71. The molecule has 4 nitrogen and oxygen atoms in total. The van der Waals surface area contributed by atoms with Gasteiger partial charge in [0.05, 0.1) is 11.6 Å². The average molecular weight is 371 g/mol. The Labute approximate surface area is 154 Å². The van der Waals surface area contributed by atoms with Crippen molar-refractivity contribution in [3.05, 3.63) is 34.6 Å².